The lowest BCUT2D eigenvalue weighted by Gasteiger charge is -2.36. The lowest BCUT2D eigenvalue weighted by molar-refractivity contribution is -0.150. The van der Waals surface area contributed by atoms with E-state index in [1.165, 1.54) is 0 Å². The first-order valence-corrected chi connectivity index (χ1v) is 7.42. The standard InChI is InChI=1S/C15H18BrNO3/c1-10-3-4-12(16)11(9-10)13(18)17-7-5-15(2,6-8-17)14(19)20/h3-4,9H,5-8H2,1-2H3,(H,19,20). The molecule has 4 nitrogen and oxygen atoms in total. The maximum atomic E-state index is 12.5. The highest BCUT2D eigenvalue weighted by atomic mass is 79.9. The number of carbonyl (C=O) groups excluding carboxylic acids is 1. The molecule has 1 amide bonds. The van der Waals surface area contributed by atoms with E-state index in [9.17, 15) is 14.7 Å². The van der Waals surface area contributed by atoms with Gasteiger partial charge >= 0.3 is 5.97 Å². The summed E-state index contributed by atoms with van der Waals surface area (Å²) in [5.41, 5.74) is 0.966. The largest absolute Gasteiger partial charge is 0.481 e. The number of carboxylic acids is 1. The van der Waals surface area contributed by atoms with E-state index in [2.05, 4.69) is 15.9 Å². The summed E-state index contributed by atoms with van der Waals surface area (Å²) < 4.78 is 0.777. The van der Waals surface area contributed by atoms with Gasteiger partial charge in [0, 0.05) is 17.6 Å². The molecule has 1 saturated heterocycles. The summed E-state index contributed by atoms with van der Waals surface area (Å²) in [6.07, 6.45) is 0.995. The molecule has 0 aliphatic carbocycles. The van der Waals surface area contributed by atoms with Gasteiger partial charge in [0.1, 0.15) is 0 Å². The van der Waals surface area contributed by atoms with Crippen molar-refractivity contribution in [2.75, 3.05) is 13.1 Å². The van der Waals surface area contributed by atoms with E-state index >= 15 is 0 Å². The second-order valence-corrected chi connectivity index (χ2v) is 6.50. The number of hydrogen-bond acceptors (Lipinski definition) is 2. The number of amides is 1. The van der Waals surface area contributed by atoms with Gasteiger partial charge in [0.15, 0.2) is 0 Å². The Morgan fingerprint density at radius 1 is 1.30 bits per heavy atom. The van der Waals surface area contributed by atoms with Gasteiger partial charge in [-0.1, -0.05) is 11.6 Å². The molecule has 0 aromatic heterocycles. The number of rotatable bonds is 2. The second kappa shape index (κ2) is 5.56. The smallest absolute Gasteiger partial charge is 0.309 e. The Morgan fingerprint density at radius 3 is 2.45 bits per heavy atom. The molecule has 20 heavy (non-hydrogen) atoms. The lowest BCUT2D eigenvalue weighted by Crippen LogP contribution is -2.45. The van der Waals surface area contributed by atoms with Crippen LogP contribution in [0.25, 0.3) is 0 Å². The maximum Gasteiger partial charge on any atom is 0.309 e. The zero-order valence-corrected chi connectivity index (χ0v) is 13.2. The molecule has 0 saturated carbocycles. The van der Waals surface area contributed by atoms with Crippen LogP contribution in [0.3, 0.4) is 0 Å². The quantitative estimate of drug-likeness (QED) is 0.900. The van der Waals surface area contributed by atoms with Crippen LogP contribution in [-0.4, -0.2) is 35.0 Å². The average Bonchev–Trinajstić information content (AvgIpc) is 2.41. The van der Waals surface area contributed by atoms with Crippen LogP contribution in [-0.2, 0) is 4.79 Å². The Morgan fingerprint density at radius 2 is 1.90 bits per heavy atom. The van der Waals surface area contributed by atoms with Crippen molar-refractivity contribution in [3.8, 4) is 0 Å². The van der Waals surface area contributed by atoms with Crippen LogP contribution in [0.15, 0.2) is 22.7 Å². The van der Waals surface area contributed by atoms with Gasteiger partial charge < -0.3 is 10.0 Å². The van der Waals surface area contributed by atoms with Crippen LogP contribution >= 0.6 is 15.9 Å². The summed E-state index contributed by atoms with van der Waals surface area (Å²) in [5.74, 6) is -0.811. The normalized spacial score (nSPS) is 17.9. The van der Waals surface area contributed by atoms with Crippen molar-refractivity contribution in [3.05, 3.63) is 33.8 Å². The highest BCUT2D eigenvalue weighted by Crippen LogP contribution is 2.32. The summed E-state index contributed by atoms with van der Waals surface area (Å²) in [4.78, 5) is 25.5. The molecule has 1 heterocycles. The van der Waals surface area contributed by atoms with Crippen molar-refractivity contribution in [1.82, 2.24) is 4.90 Å². The Bertz CT molecular complexity index is 548. The van der Waals surface area contributed by atoms with Crippen molar-refractivity contribution < 1.29 is 14.7 Å². The molecule has 1 aliphatic rings. The molecule has 0 atom stereocenters. The number of hydrogen-bond donors (Lipinski definition) is 1. The van der Waals surface area contributed by atoms with Crippen molar-refractivity contribution in [2.24, 2.45) is 5.41 Å². The van der Waals surface area contributed by atoms with Crippen LogP contribution in [0.5, 0.6) is 0 Å². The van der Waals surface area contributed by atoms with E-state index in [1.807, 2.05) is 25.1 Å². The molecule has 1 fully saturated rings. The molecule has 1 aliphatic heterocycles. The Kier molecular flexibility index (Phi) is 4.18. The number of piperidine rings is 1. The number of carboxylic acid groups (broad SMARTS) is 1. The summed E-state index contributed by atoms with van der Waals surface area (Å²) in [6, 6.07) is 5.67. The number of halogens is 1. The molecule has 0 unspecified atom stereocenters. The molecule has 1 aromatic carbocycles. The fourth-order valence-electron chi connectivity index (χ4n) is 2.39. The number of carbonyl (C=O) groups is 2. The first-order valence-electron chi connectivity index (χ1n) is 6.62. The fraction of sp³-hybridized carbons (Fsp3) is 0.467. The summed E-state index contributed by atoms with van der Waals surface area (Å²) in [7, 11) is 0. The third kappa shape index (κ3) is 2.87. The van der Waals surface area contributed by atoms with Gasteiger partial charge in [-0.25, -0.2) is 0 Å². The van der Waals surface area contributed by atoms with Crippen LogP contribution in [0.4, 0.5) is 0 Å². The van der Waals surface area contributed by atoms with Crippen molar-refractivity contribution >= 4 is 27.8 Å². The van der Waals surface area contributed by atoms with E-state index < -0.39 is 11.4 Å². The highest BCUT2D eigenvalue weighted by molar-refractivity contribution is 9.10. The topological polar surface area (TPSA) is 57.6 Å². The Balaban J connectivity index is 2.13. The number of benzene rings is 1. The van der Waals surface area contributed by atoms with Gasteiger partial charge in [0.2, 0.25) is 0 Å². The molecule has 0 spiro atoms. The van der Waals surface area contributed by atoms with Crippen molar-refractivity contribution in [3.63, 3.8) is 0 Å². The third-order valence-corrected chi connectivity index (χ3v) is 4.71. The molecular formula is C15H18BrNO3. The minimum absolute atomic E-state index is 0.0342. The van der Waals surface area contributed by atoms with Crippen LogP contribution in [0.2, 0.25) is 0 Å². The molecular weight excluding hydrogens is 322 g/mol. The highest BCUT2D eigenvalue weighted by Gasteiger charge is 2.38. The van der Waals surface area contributed by atoms with Gasteiger partial charge in [0.25, 0.3) is 5.91 Å². The summed E-state index contributed by atoms with van der Waals surface area (Å²) in [5, 5.41) is 9.21. The van der Waals surface area contributed by atoms with E-state index in [1.54, 1.807) is 11.8 Å². The van der Waals surface area contributed by atoms with Gasteiger partial charge in [-0.3, -0.25) is 9.59 Å². The molecule has 0 radical (unpaired) electrons. The predicted molar refractivity (Wildman–Crippen MR) is 79.8 cm³/mol. The Hall–Kier alpha value is -1.36. The first kappa shape index (κ1) is 15.0. The van der Waals surface area contributed by atoms with Crippen LogP contribution in [0.1, 0.15) is 35.7 Å². The fourth-order valence-corrected chi connectivity index (χ4v) is 2.81. The van der Waals surface area contributed by atoms with Gasteiger partial charge in [0.05, 0.1) is 11.0 Å². The van der Waals surface area contributed by atoms with Gasteiger partial charge in [-0.05, 0) is 54.8 Å². The number of nitrogens with zero attached hydrogens (tertiary/aromatic N) is 1. The summed E-state index contributed by atoms with van der Waals surface area (Å²) >= 11 is 3.40. The van der Waals surface area contributed by atoms with Crippen molar-refractivity contribution in [2.45, 2.75) is 26.7 Å². The lowest BCUT2D eigenvalue weighted by atomic mass is 9.80. The van der Waals surface area contributed by atoms with E-state index in [-0.39, 0.29) is 5.91 Å². The second-order valence-electron chi connectivity index (χ2n) is 5.64. The summed E-state index contributed by atoms with van der Waals surface area (Å²) in [6.45, 7) is 4.67. The number of aliphatic carboxylic acids is 1. The van der Waals surface area contributed by atoms with E-state index in [0.717, 1.165) is 10.0 Å². The molecule has 1 N–H and O–H groups in total. The third-order valence-electron chi connectivity index (χ3n) is 4.02. The monoisotopic (exact) mass is 339 g/mol. The molecule has 108 valence electrons. The Labute approximate surface area is 126 Å². The number of likely N-dealkylation sites (tertiary alicyclic amines) is 1. The van der Waals surface area contributed by atoms with E-state index in [0.29, 0.717) is 31.5 Å². The van der Waals surface area contributed by atoms with Crippen molar-refractivity contribution in [1.29, 1.82) is 0 Å². The predicted octanol–water partition coefficient (Wildman–Crippen LogP) is 3.08. The maximum absolute atomic E-state index is 12.5. The number of aryl methyl sites for hydroxylation is 1. The average molecular weight is 340 g/mol. The molecule has 5 heteroatoms. The van der Waals surface area contributed by atoms with Crippen LogP contribution in [0, 0.1) is 12.3 Å². The van der Waals surface area contributed by atoms with Crippen LogP contribution < -0.4 is 0 Å². The molecule has 1 aromatic rings. The minimum Gasteiger partial charge on any atom is -0.481 e. The molecule has 2 rings (SSSR count). The first-order chi connectivity index (χ1) is 9.33. The SMILES string of the molecule is Cc1ccc(Br)c(C(=O)N2CCC(C)(C(=O)O)CC2)c1. The van der Waals surface area contributed by atoms with Gasteiger partial charge in [-0.15, -0.1) is 0 Å². The molecule has 0 bridgehead atoms. The van der Waals surface area contributed by atoms with E-state index in [4.69, 9.17) is 0 Å². The van der Waals surface area contributed by atoms with Gasteiger partial charge in [-0.2, -0.15) is 0 Å². The zero-order valence-electron chi connectivity index (χ0n) is 11.6. The minimum atomic E-state index is -0.777. The zero-order chi connectivity index (χ0) is 14.9.